The van der Waals surface area contributed by atoms with Crippen LogP contribution in [0.4, 0.5) is 0 Å². The predicted octanol–water partition coefficient (Wildman–Crippen LogP) is 2.86. The summed E-state index contributed by atoms with van der Waals surface area (Å²) in [4.78, 5) is 11.7. The maximum atomic E-state index is 11.7. The van der Waals surface area contributed by atoms with Crippen molar-refractivity contribution in [1.82, 2.24) is 0 Å². The van der Waals surface area contributed by atoms with Crippen molar-refractivity contribution < 1.29 is 19.4 Å². The summed E-state index contributed by atoms with van der Waals surface area (Å²) in [5.41, 5.74) is 1.58. The van der Waals surface area contributed by atoms with Gasteiger partial charge in [-0.05, 0) is 23.3 Å². The summed E-state index contributed by atoms with van der Waals surface area (Å²) in [6.45, 7) is 0.217. The molecule has 0 aliphatic carbocycles. The van der Waals surface area contributed by atoms with Crippen LogP contribution in [0.15, 0.2) is 54.6 Å². The summed E-state index contributed by atoms with van der Waals surface area (Å²) < 4.78 is 10.2. The number of hydrogen-bond donors (Lipinski definition) is 1. The molecule has 4 heteroatoms. The third-order valence-corrected chi connectivity index (χ3v) is 3.10. The standard InChI is InChI=1S/C17H18O4/c1-20-15-9-7-14(8-10-15)16(18)11-17(19)21-12-13-5-3-2-4-6-13/h2-10,16,18H,11-12H2,1H3. The van der Waals surface area contributed by atoms with E-state index in [0.717, 1.165) is 5.56 Å². The number of ether oxygens (including phenoxy) is 2. The van der Waals surface area contributed by atoms with Gasteiger partial charge in [0, 0.05) is 0 Å². The largest absolute Gasteiger partial charge is 0.497 e. The van der Waals surface area contributed by atoms with Crippen LogP contribution in [0.1, 0.15) is 23.7 Å². The smallest absolute Gasteiger partial charge is 0.309 e. The molecule has 110 valence electrons. The summed E-state index contributed by atoms with van der Waals surface area (Å²) in [5.74, 6) is 0.278. The van der Waals surface area contributed by atoms with Crippen LogP contribution in [0.25, 0.3) is 0 Å². The first-order valence-electron chi connectivity index (χ1n) is 6.70. The Hall–Kier alpha value is -2.33. The fourth-order valence-electron chi connectivity index (χ4n) is 1.90. The Bertz CT molecular complexity index is 563. The summed E-state index contributed by atoms with van der Waals surface area (Å²) in [6.07, 6.45) is -0.946. The summed E-state index contributed by atoms with van der Waals surface area (Å²) in [5, 5.41) is 10.0. The molecule has 1 atom stereocenters. The van der Waals surface area contributed by atoms with Crippen molar-refractivity contribution in [1.29, 1.82) is 0 Å². The third-order valence-electron chi connectivity index (χ3n) is 3.10. The first-order chi connectivity index (χ1) is 10.2. The highest BCUT2D eigenvalue weighted by molar-refractivity contribution is 5.70. The van der Waals surface area contributed by atoms with Crippen LogP contribution in [-0.4, -0.2) is 18.2 Å². The average molecular weight is 286 g/mol. The van der Waals surface area contributed by atoms with Gasteiger partial charge in [0.1, 0.15) is 12.4 Å². The Kier molecular flexibility index (Phi) is 5.35. The number of hydrogen-bond acceptors (Lipinski definition) is 4. The normalized spacial score (nSPS) is 11.7. The molecule has 2 aromatic rings. The fourth-order valence-corrected chi connectivity index (χ4v) is 1.90. The zero-order valence-corrected chi connectivity index (χ0v) is 11.9. The van der Waals surface area contributed by atoms with Crippen molar-refractivity contribution >= 4 is 5.97 Å². The number of carbonyl (C=O) groups excluding carboxylic acids is 1. The monoisotopic (exact) mass is 286 g/mol. The van der Waals surface area contributed by atoms with Gasteiger partial charge in [0.15, 0.2) is 0 Å². The molecule has 0 radical (unpaired) electrons. The van der Waals surface area contributed by atoms with Crippen LogP contribution in [0.2, 0.25) is 0 Å². The van der Waals surface area contributed by atoms with Gasteiger partial charge in [-0.2, -0.15) is 0 Å². The fraction of sp³-hybridized carbons (Fsp3) is 0.235. The van der Waals surface area contributed by atoms with Crippen LogP contribution in [-0.2, 0) is 16.1 Å². The maximum Gasteiger partial charge on any atom is 0.309 e. The zero-order chi connectivity index (χ0) is 15.1. The van der Waals surface area contributed by atoms with Crippen LogP contribution >= 0.6 is 0 Å². The zero-order valence-electron chi connectivity index (χ0n) is 11.9. The number of benzene rings is 2. The third kappa shape index (κ3) is 4.61. The van der Waals surface area contributed by atoms with Gasteiger partial charge in [0.05, 0.1) is 19.6 Å². The lowest BCUT2D eigenvalue weighted by atomic mass is 10.1. The van der Waals surface area contributed by atoms with Crippen molar-refractivity contribution in [2.24, 2.45) is 0 Å². The quantitative estimate of drug-likeness (QED) is 0.830. The lowest BCUT2D eigenvalue weighted by Crippen LogP contribution is -2.10. The van der Waals surface area contributed by atoms with Crippen LogP contribution in [0.5, 0.6) is 5.75 Å². The number of esters is 1. The molecule has 0 bridgehead atoms. The van der Waals surface area contributed by atoms with E-state index in [1.54, 1.807) is 31.4 Å². The van der Waals surface area contributed by atoms with Crippen LogP contribution in [0, 0.1) is 0 Å². The van der Waals surface area contributed by atoms with Gasteiger partial charge < -0.3 is 14.6 Å². The molecule has 0 saturated heterocycles. The second-order valence-electron chi connectivity index (χ2n) is 4.64. The molecule has 0 fully saturated rings. The molecule has 2 rings (SSSR count). The van der Waals surface area contributed by atoms with E-state index in [9.17, 15) is 9.90 Å². The van der Waals surface area contributed by atoms with E-state index in [-0.39, 0.29) is 13.0 Å². The first kappa shape index (κ1) is 15.1. The SMILES string of the molecule is COc1ccc(C(O)CC(=O)OCc2ccccc2)cc1. The maximum absolute atomic E-state index is 11.7. The predicted molar refractivity (Wildman–Crippen MR) is 78.8 cm³/mol. The van der Waals surface area contributed by atoms with E-state index in [0.29, 0.717) is 11.3 Å². The lowest BCUT2D eigenvalue weighted by molar-refractivity contribution is -0.147. The van der Waals surface area contributed by atoms with Crippen molar-refractivity contribution in [3.8, 4) is 5.75 Å². The molecule has 21 heavy (non-hydrogen) atoms. The van der Waals surface area contributed by atoms with Gasteiger partial charge in [-0.15, -0.1) is 0 Å². The average Bonchev–Trinajstić information content (AvgIpc) is 2.54. The topological polar surface area (TPSA) is 55.8 Å². The Morgan fingerprint density at radius 2 is 1.76 bits per heavy atom. The Balaban J connectivity index is 1.83. The lowest BCUT2D eigenvalue weighted by Gasteiger charge is -2.11. The summed E-state index contributed by atoms with van der Waals surface area (Å²) in [6, 6.07) is 16.4. The molecule has 0 amide bonds. The molecule has 1 N–H and O–H groups in total. The molecule has 0 aromatic heterocycles. The summed E-state index contributed by atoms with van der Waals surface area (Å²) in [7, 11) is 1.58. The number of methoxy groups -OCH3 is 1. The van der Waals surface area contributed by atoms with Crippen LogP contribution in [0.3, 0.4) is 0 Å². The number of rotatable bonds is 6. The minimum atomic E-state index is -0.876. The Labute approximate surface area is 123 Å². The number of carbonyl (C=O) groups is 1. The molecule has 0 spiro atoms. The minimum absolute atomic E-state index is 0.0703. The molecular formula is C17H18O4. The molecule has 1 unspecified atom stereocenters. The highest BCUT2D eigenvalue weighted by atomic mass is 16.5. The van der Waals surface area contributed by atoms with Gasteiger partial charge in [0.25, 0.3) is 0 Å². The van der Waals surface area contributed by atoms with E-state index < -0.39 is 12.1 Å². The highest BCUT2D eigenvalue weighted by Crippen LogP contribution is 2.20. The first-order valence-corrected chi connectivity index (χ1v) is 6.70. The Morgan fingerprint density at radius 1 is 1.10 bits per heavy atom. The summed E-state index contributed by atoms with van der Waals surface area (Å²) >= 11 is 0. The van der Waals surface area contributed by atoms with Gasteiger partial charge in [-0.1, -0.05) is 42.5 Å². The van der Waals surface area contributed by atoms with Crippen molar-refractivity contribution in [2.75, 3.05) is 7.11 Å². The highest BCUT2D eigenvalue weighted by Gasteiger charge is 2.14. The van der Waals surface area contributed by atoms with E-state index in [1.807, 2.05) is 30.3 Å². The Morgan fingerprint density at radius 3 is 2.38 bits per heavy atom. The van der Waals surface area contributed by atoms with Gasteiger partial charge in [-0.25, -0.2) is 0 Å². The second kappa shape index (κ2) is 7.45. The van der Waals surface area contributed by atoms with E-state index in [2.05, 4.69) is 0 Å². The molecule has 4 nitrogen and oxygen atoms in total. The molecule has 0 aliphatic heterocycles. The molecule has 0 saturated carbocycles. The molecule has 0 heterocycles. The molecular weight excluding hydrogens is 268 g/mol. The van der Waals surface area contributed by atoms with Crippen molar-refractivity contribution in [3.63, 3.8) is 0 Å². The van der Waals surface area contributed by atoms with Crippen molar-refractivity contribution in [3.05, 3.63) is 65.7 Å². The van der Waals surface area contributed by atoms with E-state index in [4.69, 9.17) is 9.47 Å². The van der Waals surface area contributed by atoms with E-state index in [1.165, 1.54) is 0 Å². The van der Waals surface area contributed by atoms with Crippen molar-refractivity contribution in [2.45, 2.75) is 19.1 Å². The number of aliphatic hydroxyl groups excluding tert-OH is 1. The minimum Gasteiger partial charge on any atom is -0.497 e. The van der Waals surface area contributed by atoms with Gasteiger partial charge in [-0.3, -0.25) is 4.79 Å². The van der Waals surface area contributed by atoms with Gasteiger partial charge >= 0.3 is 5.97 Å². The number of aliphatic hydroxyl groups is 1. The van der Waals surface area contributed by atoms with Gasteiger partial charge in [0.2, 0.25) is 0 Å². The second-order valence-corrected chi connectivity index (χ2v) is 4.64. The molecule has 0 aliphatic rings. The molecule has 2 aromatic carbocycles. The van der Waals surface area contributed by atoms with E-state index >= 15 is 0 Å². The van der Waals surface area contributed by atoms with Crippen LogP contribution < -0.4 is 4.74 Å².